The Bertz CT molecular complexity index is 649. The van der Waals surface area contributed by atoms with E-state index in [-0.39, 0.29) is 11.4 Å². The minimum Gasteiger partial charge on any atom is -0.373 e. The number of nitrogens with zero attached hydrogens (tertiary/aromatic N) is 2. The van der Waals surface area contributed by atoms with Crippen LogP contribution in [0, 0.1) is 6.92 Å². The predicted octanol–water partition coefficient (Wildman–Crippen LogP) is 0.898. The number of hydrogen-bond donors (Lipinski definition) is 2. The van der Waals surface area contributed by atoms with Gasteiger partial charge in [0.15, 0.2) is 0 Å². The molecule has 0 aliphatic rings. The largest absolute Gasteiger partial charge is 0.373 e. The fourth-order valence-electron chi connectivity index (χ4n) is 1.44. The van der Waals surface area contributed by atoms with E-state index in [1.54, 1.807) is 26.1 Å². The van der Waals surface area contributed by atoms with Crippen molar-refractivity contribution in [1.82, 2.24) is 14.9 Å². The monoisotopic (exact) mass is 282 g/mol. The summed E-state index contributed by atoms with van der Waals surface area (Å²) >= 11 is 0. The first kappa shape index (κ1) is 13.5. The molecule has 0 fully saturated rings. The molecule has 0 aromatic carbocycles. The highest BCUT2D eigenvalue weighted by Crippen LogP contribution is 2.11. The van der Waals surface area contributed by atoms with Crippen LogP contribution >= 0.6 is 0 Å². The van der Waals surface area contributed by atoms with Crippen LogP contribution in [0.2, 0.25) is 0 Å². The number of rotatable bonds is 5. The summed E-state index contributed by atoms with van der Waals surface area (Å²) in [6.45, 7) is 1.82. The first-order valence-corrected chi connectivity index (χ1v) is 7.05. The van der Waals surface area contributed by atoms with Crippen LogP contribution in [0.15, 0.2) is 33.8 Å². The summed E-state index contributed by atoms with van der Waals surface area (Å²) in [7, 11) is -1.89. The van der Waals surface area contributed by atoms with Crippen molar-refractivity contribution in [2.45, 2.75) is 18.4 Å². The molecule has 0 spiro atoms. The topological polar surface area (TPSA) is 97.1 Å². The Hall–Kier alpha value is -1.93. The van der Waals surface area contributed by atoms with Gasteiger partial charge in [-0.1, -0.05) is 5.16 Å². The van der Waals surface area contributed by atoms with Gasteiger partial charge >= 0.3 is 0 Å². The molecule has 2 heterocycles. The third kappa shape index (κ3) is 3.30. The fourth-order valence-corrected chi connectivity index (χ4v) is 2.38. The third-order valence-electron chi connectivity index (χ3n) is 2.42. The molecule has 0 bridgehead atoms. The normalized spacial score (nSPS) is 11.5. The molecule has 0 radical (unpaired) electrons. The number of anilines is 1. The van der Waals surface area contributed by atoms with Crippen LogP contribution in [0.1, 0.15) is 11.5 Å². The van der Waals surface area contributed by atoms with Crippen LogP contribution in [0.3, 0.4) is 0 Å². The lowest BCUT2D eigenvalue weighted by atomic mass is 10.4. The summed E-state index contributed by atoms with van der Waals surface area (Å²) in [5.74, 6) is 1.24. The molecule has 19 heavy (non-hydrogen) atoms. The molecule has 102 valence electrons. The highest BCUT2D eigenvalue weighted by Gasteiger charge is 2.15. The van der Waals surface area contributed by atoms with E-state index < -0.39 is 10.0 Å². The van der Waals surface area contributed by atoms with E-state index in [2.05, 4.69) is 20.2 Å². The van der Waals surface area contributed by atoms with E-state index in [1.165, 1.54) is 12.3 Å². The lowest BCUT2D eigenvalue weighted by Crippen LogP contribution is -2.23. The van der Waals surface area contributed by atoms with Gasteiger partial charge in [0.05, 0.1) is 12.2 Å². The van der Waals surface area contributed by atoms with Gasteiger partial charge in [0.25, 0.3) is 0 Å². The molecule has 0 unspecified atom stereocenters. The van der Waals surface area contributed by atoms with Gasteiger partial charge in [-0.05, 0) is 19.1 Å². The Morgan fingerprint density at radius 1 is 1.37 bits per heavy atom. The third-order valence-corrected chi connectivity index (χ3v) is 3.81. The van der Waals surface area contributed by atoms with Crippen LogP contribution in [0.25, 0.3) is 0 Å². The number of hydrogen-bond acceptors (Lipinski definition) is 6. The average Bonchev–Trinajstić information content (AvgIpc) is 2.82. The summed E-state index contributed by atoms with van der Waals surface area (Å²) in [4.78, 5) is 4.06. The molecule has 2 N–H and O–H groups in total. The summed E-state index contributed by atoms with van der Waals surface area (Å²) in [6, 6.07) is 4.74. The molecule has 2 aromatic heterocycles. The second-order valence-corrected chi connectivity index (χ2v) is 5.65. The van der Waals surface area contributed by atoms with Crippen molar-refractivity contribution >= 4 is 15.8 Å². The molecule has 7 nitrogen and oxygen atoms in total. The van der Waals surface area contributed by atoms with Gasteiger partial charge in [0.1, 0.15) is 16.5 Å². The van der Waals surface area contributed by atoms with Crippen LogP contribution in [-0.2, 0) is 16.6 Å². The molecule has 0 saturated heterocycles. The van der Waals surface area contributed by atoms with Crippen LogP contribution < -0.4 is 10.0 Å². The molecule has 0 amide bonds. The minimum absolute atomic E-state index is 0.0768. The number of pyridine rings is 1. The van der Waals surface area contributed by atoms with Crippen LogP contribution in [-0.4, -0.2) is 25.6 Å². The zero-order chi connectivity index (χ0) is 13.9. The Kier molecular flexibility index (Phi) is 3.82. The number of aromatic nitrogens is 2. The summed E-state index contributed by atoms with van der Waals surface area (Å²) < 4.78 is 31.3. The molecule has 2 aromatic rings. The van der Waals surface area contributed by atoms with Gasteiger partial charge in [-0.2, -0.15) is 0 Å². The second-order valence-electron chi connectivity index (χ2n) is 3.88. The van der Waals surface area contributed by atoms with Gasteiger partial charge in [-0.3, -0.25) is 0 Å². The number of sulfonamides is 1. The quantitative estimate of drug-likeness (QED) is 0.845. The standard InChI is InChI=1S/C11H14N4O3S/c1-8-5-9(15-18-8)6-14-19(16,17)10-3-4-11(12-2)13-7-10/h3-5,7,14H,6H2,1-2H3,(H,12,13). The Morgan fingerprint density at radius 2 is 2.16 bits per heavy atom. The van der Waals surface area contributed by atoms with Crippen LogP contribution in [0.5, 0.6) is 0 Å². The lowest BCUT2D eigenvalue weighted by Gasteiger charge is -2.05. The van der Waals surface area contributed by atoms with Crippen molar-refractivity contribution in [3.05, 3.63) is 35.9 Å². The van der Waals surface area contributed by atoms with E-state index >= 15 is 0 Å². The van der Waals surface area contributed by atoms with E-state index in [0.29, 0.717) is 17.3 Å². The molecular weight excluding hydrogens is 268 g/mol. The maximum absolute atomic E-state index is 12.0. The van der Waals surface area contributed by atoms with E-state index in [4.69, 9.17) is 4.52 Å². The molecular formula is C11H14N4O3S. The van der Waals surface area contributed by atoms with Crippen molar-refractivity contribution < 1.29 is 12.9 Å². The zero-order valence-corrected chi connectivity index (χ0v) is 11.4. The predicted molar refractivity (Wildman–Crippen MR) is 69.0 cm³/mol. The van der Waals surface area contributed by atoms with Gasteiger partial charge in [-0.25, -0.2) is 18.1 Å². The van der Waals surface area contributed by atoms with Crippen molar-refractivity contribution in [1.29, 1.82) is 0 Å². The van der Waals surface area contributed by atoms with Gasteiger partial charge in [0.2, 0.25) is 10.0 Å². The SMILES string of the molecule is CNc1ccc(S(=O)(=O)NCc2cc(C)on2)cn1. The molecule has 0 aliphatic carbocycles. The van der Waals surface area contributed by atoms with Crippen molar-refractivity contribution in [2.75, 3.05) is 12.4 Å². The zero-order valence-electron chi connectivity index (χ0n) is 10.5. The smallest absolute Gasteiger partial charge is 0.242 e. The average molecular weight is 282 g/mol. The highest BCUT2D eigenvalue weighted by molar-refractivity contribution is 7.89. The highest BCUT2D eigenvalue weighted by atomic mass is 32.2. The van der Waals surface area contributed by atoms with Gasteiger partial charge < -0.3 is 9.84 Å². The van der Waals surface area contributed by atoms with Gasteiger partial charge in [0, 0.05) is 19.3 Å². The van der Waals surface area contributed by atoms with E-state index in [0.717, 1.165) is 0 Å². The summed E-state index contributed by atoms with van der Waals surface area (Å²) in [6.07, 6.45) is 1.29. The summed E-state index contributed by atoms with van der Waals surface area (Å²) in [5.41, 5.74) is 0.529. The first-order valence-electron chi connectivity index (χ1n) is 5.57. The Labute approximate surface area is 111 Å². The minimum atomic E-state index is -3.60. The van der Waals surface area contributed by atoms with Crippen molar-refractivity contribution in [3.63, 3.8) is 0 Å². The Balaban J connectivity index is 2.09. The first-order chi connectivity index (χ1) is 9.01. The number of aryl methyl sites for hydroxylation is 1. The van der Waals surface area contributed by atoms with E-state index in [9.17, 15) is 8.42 Å². The maximum Gasteiger partial charge on any atom is 0.242 e. The van der Waals surface area contributed by atoms with Gasteiger partial charge in [-0.15, -0.1) is 0 Å². The molecule has 8 heteroatoms. The molecule has 0 atom stereocenters. The van der Waals surface area contributed by atoms with Crippen molar-refractivity contribution in [2.24, 2.45) is 0 Å². The van der Waals surface area contributed by atoms with Crippen molar-refractivity contribution in [3.8, 4) is 0 Å². The molecule has 0 saturated carbocycles. The van der Waals surface area contributed by atoms with Crippen LogP contribution in [0.4, 0.5) is 5.82 Å². The molecule has 0 aliphatic heterocycles. The number of nitrogens with one attached hydrogen (secondary N) is 2. The fraction of sp³-hybridized carbons (Fsp3) is 0.273. The van der Waals surface area contributed by atoms with E-state index in [1.807, 2.05) is 0 Å². The second kappa shape index (κ2) is 5.37. The Morgan fingerprint density at radius 3 is 2.68 bits per heavy atom. The summed E-state index contributed by atoms with van der Waals surface area (Å²) in [5, 5.41) is 6.53. The lowest BCUT2D eigenvalue weighted by molar-refractivity contribution is 0.390. The molecule has 2 rings (SSSR count). The maximum atomic E-state index is 12.0.